The third kappa shape index (κ3) is 4.32. The minimum absolute atomic E-state index is 0.214. The highest BCUT2D eigenvalue weighted by Gasteiger charge is 2.17. The summed E-state index contributed by atoms with van der Waals surface area (Å²) in [5, 5.41) is 3.73. The van der Waals surface area contributed by atoms with Crippen LogP contribution < -0.4 is 0 Å². The van der Waals surface area contributed by atoms with Crippen LogP contribution in [0.25, 0.3) is 0 Å². The SMILES string of the molecule is O=C(CC1CCCCC1)ON=Cc1ccccc1. The molecule has 1 aromatic carbocycles. The third-order valence-corrected chi connectivity index (χ3v) is 3.34. The Hall–Kier alpha value is -1.64. The van der Waals surface area contributed by atoms with Gasteiger partial charge in [-0.05, 0) is 24.3 Å². The van der Waals surface area contributed by atoms with Gasteiger partial charge in [-0.25, -0.2) is 4.79 Å². The largest absolute Gasteiger partial charge is 0.335 e. The summed E-state index contributed by atoms with van der Waals surface area (Å²) in [4.78, 5) is 16.4. The first-order valence-corrected chi connectivity index (χ1v) is 6.63. The lowest BCUT2D eigenvalue weighted by Gasteiger charge is -2.19. The zero-order chi connectivity index (χ0) is 12.6. The number of benzene rings is 1. The highest BCUT2D eigenvalue weighted by molar-refractivity contribution is 5.80. The Bertz CT molecular complexity index is 394. The van der Waals surface area contributed by atoms with Crippen LogP contribution in [0, 0.1) is 5.92 Å². The molecule has 0 aliphatic heterocycles. The molecule has 0 radical (unpaired) electrons. The summed E-state index contributed by atoms with van der Waals surface area (Å²) in [6, 6.07) is 9.61. The third-order valence-electron chi connectivity index (χ3n) is 3.34. The lowest BCUT2D eigenvalue weighted by atomic mass is 9.87. The Kier molecular flexibility index (Phi) is 4.94. The van der Waals surface area contributed by atoms with Crippen LogP contribution in [0.15, 0.2) is 35.5 Å². The van der Waals surface area contributed by atoms with Crippen molar-refractivity contribution in [2.24, 2.45) is 11.1 Å². The van der Waals surface area contributed by atoms with Crippen LogP contribution >= 0.6 is 0 Å². The van der Waals surface area contributed by atoms with E-state index < -0.39 is 0 Å². The van der Waals surface area contributed by atoms with Crippen LogP contribution in [0.4, 0.5) is 0 Å². The molecule has 1 aliphatic rings. The molecule has 1 fully saturated rings. The fourth-order valence-corrected chi connectivity index (χ4v) is 2.35. The summed E-state index contributed by atoms with van der Waals surface area (Å²) < 4.78 is 0. The van der Waals surface area contributed by atoms with Crippen LogP contribution in [0.1, 0.15) is 44.1 Å². The van der Waals surface area contributed by atoms with Crippen molar-refractivity contribution in [3.05, 3.63) is 35.9 Å². The van der Waals surface area contributed by atoms with Gasteiger partial charge in [0.15, 0.2) is 0 Å². The Balaban J connectivity index is 1.72. The lowest BCUT2D eigenvalue weighted by Crippen LogP contribution is -2.12. The van der Waals surface area contributed by atoms with Crippen LogP contribution in [-0.4, -0.2) is 12.2 Å². The number of carbonyl (C=O) groups excluding carboxylic acids is 1. The molecule has 0 unspecified atom stereocenters. The van der Waals surface area contributed by atoms with Crippen LogP contribution in [0.3, 0.4) is 0 Å². The predicted octanol–water partition coefficient (Wildman–Crippen LogP) is 3.53. The van der Waals surface area contributed by atoms with Crippen LogP contribution in [-0.2, 0) is 9.63 Å². The zero-order valence-corrected chi connectivity index (χ0v) is 10.5. The van der Waals surface area contributed by atoms with E-state index in [2.05, 4.69) is 5.16 Å². The molecule has 0 saturated heterocycles. The summed E-state index contributed by atoms with van der Waals surface area (Å²) in [7, 11) is 0. The highest BCUT2D eigenvalue weighted by Crippen LogP contribution is 2.26. The van der Waals surface area contributed by atoms with Gasteiger partial charge < -0.3 is 4.84 Å². The molecule has 96 valence electrons. The molecular weight excluding hydrogens is 226 g/mol. The number of rotatable bonds is 4. The molecule has 3 nitrogen and oxygen atoms in total. The minimum atomic E-state index is -0.214. The van der Waals surface area contributed by atoms with Gasteiger partial charge in [-0.2, -0.15) is 0 Å². The number of hydrogen-bond acceptors (Lipinski definition) is 3. The number of hydrogen-bond donors (Lipinski definition) is 0. The Morgan fingerprint density at radius 1 is 1.22 bits per heavy atom. The molecule has 18 heavy (non-hydrogen) atoms. The molecule has 1 aliphatic carbocycles. The first-order chi connectivity index (χ1) is 8.84. The molecule has 1 aromatic rings. The van der Waals surface area contributed by atoms with Gasteiger partial charge in [0.2, 0.25) is 0 Å². The summed E-state index contributed by atoms with van der Waals surface area (Å²) in [6.45, 7) is 0. The molecule has 2 rings (SSSR count). The summed E-state index contributed by atoms with van der Waals surface area (Å²) in [5.74, 6) is 0.284. The molecule has 0 N–H and O–H groups in total. The van der Waals surface area contributed by atoms with Crippen LogP contribution in [0.2, 0.25) is 0 Å². The number of carbonyl (C=O) groups is 1. The maximum Gasteiger partial charge on any atom is 0.335 e. The van der Waals surface area contributed by atoms with Gasteiger partial charge >= 0.3 is 5.97 Å². The number of nitrogens with zero attached hydrogens (tertiary/aromatic N) is 1. The van der Waals surface area contributed by atoms with Crippen molar-refractivity contribution < 1.29 is 9.63 Å². The van der Waals surface area contributed by atoms with Crippen molar-refractivity contribution in [3.8, 4) is 0 Å². The van der Waals surface area contributed by atoms with E-state index in [9.17, 15) is 4.79 Å². The van der Waals surface area contributed by atoms with Gasteiger partial charge in [0.1, 0.15) is 0 Å². The predicted molar refractivity (Wildman–Crippen MR) is 71.3 cm³/mol. The van der Waals surface area contributed by atoms with E-state index in [4.69, 9.17) is 4.84 Å². The summed E-state index contributed by atoms with van der Waals surface area (Å²) >= 11 is 0. The molecule has 3 heteroatoms. The van der Waals surface area contributed by atoms with E-state index in [1.54, 1.807) is 6.21 Å². The van der Waals surface area contributed by atoms with E-state index in [1.165, 1.54) is 19.3 Å². The van der Waals surface area contributed by atoms with E-state index in [0.717, 1.165) is 18.4 Å². The van der Waals surface area contributed by atoms with Crippen LogP contribution in [0.5, 0.6) is 0 Å². The first-order valence-electron chi connectivity index (χ1n) is 6.63. The van der Waals surface area contributed by atoms with Gasteiger partial charge in [0.05, 0.1) is 12.6 Å². The van der Waals surface area contributed by atoms with Crippen molar-refractivity contribution in [1.29, 1.82) is 0 Å². The van der Waals surface area contributed by atoms with Crippen molar-refractivity contribution in [2.75, 3.05) is 0 Å². The average Bonchev–Trinajstić information content (AvgIpc) is 2.41. The topological polar surface area (TPSA) is 38.7 Å². The monoisotopic (exact) mass is 245 g/mol. The van der Waals surface area contributed by atoms with Gasteiger partial charge in [-0.15, -0.1) is 0 Å². The maximum atomic E-state index is 11.6. The molecule has 0 bridgehead atoms. The molecule has 0 spiro atoms. The minimum Gasteiger partial charge on any atom is -0.318 e. The van der Waals surface area contributed by atoms with E-state index >= 15 is 0 Å². The zero-order valence-electron chi connectivity index (χ0n) is 10.5. The average molecular weight is 245 g/mol. The van der Waals surface area contributed by atoms with Gasteiger partial charge in [-0.1, -0.05) is 54.8 Å². The second-order valence-corrected chi connectivity index (χ2v) is 4.82. The second kappa shape index (κ2) is 6.94. The van der Waals surface area contributed by atoms with Crippen molar-refractivity contribution in [2.45, 2.75) is 38.5 Å². The van der Waals surface area contributed by atoms with E-state index in [0.29, 0.717) is 12.3 Å². The first kappa shape index (κ1) is 12.8. The maximum absolute atomic E-state index is 11.6. The molecule has 0 heterocycles. The van der Waals surface area contributed by atoms with Gasteiger partial charge in [0.25, 0.3) is 0 Å². The normalized spacial score (nSPS) is 16.9. The molecule has 0 atom stereocenters. The number of oxime groups is 1. The lowest BCUT2D eigenvalue weighted by molar-refractivity contribution is -0.144. The Labute approximate surface area is 108 Å². The molecule has 0 amide bonds. The fraction of sp³-hybridized carbons (Fsp3) is 0.467. The van der Waals surface area contributed by atoms with E-state index in [-0.39, 0.29) is 5.97 Å². The van der Waals surface area contributed by atoms with Crippen molar-refractivity contribution in [3.63, 3.8) is 0 Å². The van der Waals surface area contributed by atoms with Gasteiger partial charge in [-0.3, -0.25) is 0 Å². The van der Waals surface area contributed by atoms with Gasteiger partial charge in [0, 0.05) is 0 Å². The highest BCUT2D eigenvalue weighted by atomic mass is 16.7. The molecule has 1 saturated carbocycles. The standard InChI is InChI=1S/C15H19NO2/c17-15(11-13-7-3-1-4-8-13)18-16-12-14-9-5-2-6-10-14/h2,5-6,9-10,12-13H,1,3-4,7-8,11H2. The molecule has 0 aromatic heterocycles. The van der Waals surface area contributed by atoms with E-state index in [1.807, 2.05) is 30.3 Å². The smallest absolute Gasteiger partial charge is 0.318 e. The Morgan fingerprint density at radius 2 is 1.94 bits per heavy atom. The quantitative estimate of drug-likeness (QED) is 0.462. The summed E-state index contributed by atoms with van der Waals surface area (Å²) in [5.41, 5.74) is 0.933. The second-order valence-electron chi connectivity index (χ2n) is 4.82. The van der Waals surface area contributed by atoms with Crippen molar-refractivity contribution in [1.82, 2.24) is 0 Å². The summed E-state index contributed by atoms with van der Waals surface area (Å²) in [6.07, 6.45) is 8.16. The van der Waals surface area contributed by atoms with Crippen molar-refractivity contribution >= 4 is 12.2 Å². The molecular formula is C15H19NO2. The fourth-order valence-electron chi connectivity index (χ4n) is 2.35. The Morgan fingerprint density at radius 3 is 2.67 bits per heavy atom.